The van der Waals surface area contributed by atoms with Gasteiger partial charge in [0.1, 0.15) is 18.7 Å². The number of fused-ring (bicyclic) bond motifs is 1. The normalized spacial score (nSPS) is 12.8. The van der Waals surface area contributed by atoms with E-state index >= 15 is 0 Å². The molecule has 0 spiro atoms. The minimum atomic E-state index is -0.0227. The lowest BCUT2D eigenvalue weighted by atomic mass is 10.2. The number of H-pyrrole nitrogens is 1. The van der Waals surface area contributed by atoms with Crippen LogP contribution < -0.4 is 0 Å². The molecule has 0 saturated heterocycles. The molecule has 0 bridgehead atoms. The molecule has 1 atom stereocenters. The fourth-order valence-electron chi connectivity index (χ4n) is 2.95. The van der Waals surface area contributed by atoms with E-state index < -0.39 is 0 Å². The summed E-state index contributed by atoms with van der Waals surface area (Å²) in [6.45, 7) is 5.02. The van der Waals surface area contributed by atoms with E-state index in [1.54, 1.807) is 11.0 Å². The van der Waals surface area contributed by atoms with Crippen molar-refractivity contribution in [3.05, 3.63) is 48.9 Å². The van der Waals surface area contributed by atoms with E-state index in [1.807, 2.05) is 23.0 Å². The Morgan fingerprint density at radius 2 is 2.12 bits per heavy atom. The molecule has 7 heteroatoms. The molecule has 1 N–H and O–H groups in total. The number of aromatic nitrogens is 7. The lowest BCUT2D eigenvalue weighted by Gasteiger charge is -2.11. The number of aromatic amines is 1. The molecule has 122 valence electrons. The summed E-state index contributed by atoms with van der Waals surface area (Å²) in [5, 5.41) is 10.1. The zero-order valence-electron chi connectivity index (χ0n) is 13.7. The van der Waals surface area contributed by atoms with Gasteiger partial charge in [-0.2, -0.15) is 10.2 Å². The van der Waals surface area contributed by atoms with Crippen LogP contribution in [0.3, 0.4) is 0 Å². The minimum absolute atomic E-state index is 0.0227. The highest BCUT2D eigenvalue weighted by molar-refractivity contribution is 5.93. The van der Waals surface area contributed by atoms with Gasteiger partial charge in [0.2, 0.25) is 0 Å². The first-order valence-corrected chi connectivity index (χ1v) is 8.13. The number of aryl methyl sites for hydroxylation is 1. The summed E-state index contributed by atoms with van der Waals surface area (Å²) in [6.07, 6.45) is 6.21. The number of nitrogens with one attached hydrogen (secondary N) is 1. The van der Waals surface area contributed by atoms with Crippen molar-refractivity contribution < 1.29 is 0 Å². The smallest absolute Gasteiger partial charge is 0.183 e. The Hall–Kier alpha value is -2.96. The summed E-state index contributed by atoms with van der Waals surface area (Å²) in [5.41, 5.74) is 2.11. The molecule has 4 rings (SSSR count). The molecule has 1 aromatic carbocycles. The Kier molecular flexibility index (Phi) is 3.60. The number of hydrogen-bond donors (Lipinski definition) is 1. The molecule has 7 nitrogen and oxygen atoms in total. The van der Waals surface area contributed by atoms with Crippen LogP contribution in [0.2, 0.25) is 0 Å². The Labute approximate surface area is 139 Å². The van der Waals surface area contributed by atoms with Gasteiger partial charge in [-0.15, -0.1) is 0 Å². The van der Waals surface area contributed by atoms with Gasteiger partial charge in [-0.1, -0.05) is 25.1 Å². The molecule has 4 aromatic rings. The first-order valence-electron chi connectivity index (χ1n) is 8.13. The number of hydrogen-bond acceptors (Lipinski definition) is 4. The summed E-state index contributed by atoms with van der Waals surface area (Å²) in [4.78, 5) is 12.1. The first-order chi connectivity index (χ1) is 11.8. The van der Waals surface area contributed by atoms with Crippen molar-refractivity contribution in [3.8, 4) is 11.4 Å². The van der Waals surface area contributed by atoms with Crippen LogP contribution in [0.1, 0.15) is 32.1 Å². The van der Waals surface area contributed by atoms with E-state index in [0.29, 0.717) is 0 Å². The molecule has 3 heterocycles. The van der Waals surface area contributed by atoms with Gasteiger partial charge >= 0.3 is 0 Å². The van der Waals surface area contributed by atoms with E-state index in [9.17, 15) is 0 Å². The maximum atomic E-state index is 4.82. The highest BCUT2D eigenvalue weighted by atomic mass is 15.4. The van der Waals surface area contributed by atoms with Gasteiger partial charge in [-0.3, -0.25) is 0 Å². The summed E-state index contributed by atoms with van der Waals surface area (Å²) in [7, 11) is 0. The summed E-state index contributed by atoms with van der Waals surface area (Å²) in [6, 6.07) is 8.17. The third-order valence-corrected chi connectivity index (χ3v) is 4.17. The van der Waals surface area contributed by atoms with E-state index in [4.69, 9.17) is 10.1 Å². The highest BCUT2D eigenvalue weighted by Crippen LogP contribution is 2.27. The van der Waals surface area contributed by atoms with Crippen molar-refractivity contribution in [2.24, 2.45) is 0 Å². The van der Waals surface area contributed by atoms with Crippen molar-refractivity contribution in [2.75, 3.05) is 0 Å². The molecular formula is C17H19N7. The number of benzene rings is 1. The fraction of sp³-hybridized carbons (Fsp3) is 0.294. The minimum Gasteiger partial charge on any atom is -0.360 e. The average molecular weight is 321 g/mol. The van der Waals surface area contributed by atoms with Gasteiger partial charge in [0, 0.05) is 29.2 Å². The van der Waals surface area contributed by atoms with Crippen LogP contribution in [0.5, 0.6) is 0 Å². The third kappa shape index (κ3) is 2.38. The van der Waals surface area contributed by atoms with Crippen molar-refractivity contribution in [1.82, 2.24) is 34.5 Å². The summed E-state index contributed by atoms with van der Waals surface area (Å²) >= 11 is 0. The van der Waals surface area contributed by atoms with Gasteiger partial charge in [-0.05, 0) is 19.4 Å². The van der Waals surface area contributed by atoms with E-state index in [-0.39, 0.29) is 6.04 Å². The topological polar surface area (TPSA) is 77.2 Å². The molecule has 0 aliphatic carbocycles. The monoisotopic (exact) mass is 321 g/mol. The van der Waals surface area contributed by atoms with Crippen LogP contribution in [0, 0.1) is 0 Å². The number of rotatable bonds is 5. The molecule has 0 amide bonds. The van der Waals surface area contributed by atoms with Crippen LogP contribution in [0.4, 0.5) is 0 Å². The van der Waals surface area contributed by atoms with Crippen molar-refractivity contribution in [2.45, 2.75) is 32.9 Å². The van der Waals surface area contributed by atoms with Crippen molar-refractivity contribution in [1.29, 1.82) is 0 Å². The molecule has 0 unspecified atom stereocenters. The van der Waals surface area contributed by atoms with Crippen molar-refractivity contribution >= 4 is 10.9 Å². The van der Waals surface area contributed by atoms with Crippen LogP contribution in [-0.4, -0.2) is 34.5 Å². The van der Waals surface area contributed by atoms with Gasteiger partial charge < -0.3 is 4.98 Å². The summed E-state index contributed by atoms with van der Waals surface area (Å²) < 4.78 is 3.78. The van der Waals surface area contributed by atoms with E-state index in [1.165, 1.54) is 6.33 Å². The maximum Gasteiger partial charge on any atom is 0.183 e. The lowest BCUT2D eigenvalue weighted by Crippen LogP contribution is -2.15. The highest BCUT2D eigenvalue weighted by Gasteiger charge is 2.20. The largest absolute Gasteiger partial charge is 0.360 e. The predicted octanol–water partition coefficient (Wildman–Crippen LogP) is 3.04. The summed E-state index contributed by atoms with van der Waals surface area (Å²) in [5.74, 6) is 1.63. The SMILES string of the molecule is CCCn1nc(-c2c[nH]c3ccccc23)nc1[C@@H](C)n1cncn1. The second-order valence-electron chi connectivity index (χ2n) is 5.82. The van der Waals surface area contributed by atoms with Crippen LogP contribution in [-0.2, 0) is 6.54 Å². The standard InChI is InChI=1S/C17H19N7/c1-3-8-23-17(12(2)24-11-18-10-20-24)21-16(22-23)14-9-19-15-7-5-4-6-13(14)15/h4-7,9-12,19H,3,8H2,1-2H3/t12-/m1/s1. The Balaban J connectivity index is 1.81. The molecule has 0 aliphatic heterocycles. The molecule has 3 aromatic heterocycles. The lowest BCUT2D eigenvalue weighted by molar-refractivity contribution is 0.477. The molecular weight excluding hydrogens is 302 g/mol. The van der Waals surface area contributed by atoms with Crippen LogP contribution in [0.25, 0.3) is 22.3 Å². The Morgan fingerprint density at radius 3 is 2.92 bits per heavy atom. The fourth-order valence-corrected chi connectivity index (χ4v) is 2.95. The van der Waals surface area contributed by atoms with Crippen molar-refractivity contribution in [3.63, 3.8) is 0 Å². The van der Waals surface area contributed by atoms with Gasteiger partial charge in [0.05, 0.1) is 0 Å². The number of para-hydroxylation sites is 1. The second-order valence-corrected chi connectivity index (χ2v) is 5.82. The average Bonchev–Trinajstić information content (AvgIpc) is 3.33. The molecule has 0 fully saturated rings. The zero-order chi connectivity index (χ0) is 16.5. The zero-order valence-corrected chi connectivity index (χ0v) is 13.7. The molecule has 0 aliphatic rings. The van der Waals surface area contributed by atoms with Gasteiger partial charge in [0.25, 0.3) is 0 Å². The molecule has 24 heavy (non-hydrogen) atoms. The van der Waals surface area contributed by atoms with E-state index in [2.05, 4.69) is 41.0 Å². The maximum absolute atomic E-state index is 4.82. The number of nitrogens with zero attached hydrogens (tertiary/aromatic N) is 6. The molecule has 0 radical (unpaired) electrons. The van der Waals surface area contributed by atoms with Gasteiger partial charge in [0.15, 0.2) is 11.6 Å². The Bertz CT molecular complexity index is 949. The second kappa shape index (κ2) is 5.92. The van der Waals surface area contributed by atoms with Crippen LogP contribution >= 0.6 is 0 Å². The van der Waals surface area contributed by atoms with Gasteiger partial charge in [-0.25, -0.2) is 19.3 Å². The van der Waals surface area contributed by atoms with E-state index in [0.717, 1.165) is 41.1 Å². The Morgan fingerprint density at radius 1 is 1.25 bits per heavy atom. The first kappa shape index (κ1) is 14.6. The third-order valence-electron chi connectivity index (χ3n) is 4.17. The quantitative estimate of drug-likeness (QED) is 0.613. The van der Waals surface area contributed by atoms with Crippen LogP contribution in [0.15, 0.2) is 43.1 Å². The predicted molar refractivity (Wildman–Crippen MR) is 91.4 cm³/mol. The molecule has 0 saturated carbocycles.